The summed E-state index contributed by atoms with van der Waals surface area (Å²) in [7, 11) is 4.88. The van der Waals surface area contributed by atoms with Gasteiger partial charge in [-0.25, -0.2) is 0 Å². The van der Waals surface area contributed by atoms with E-state index in [0.717, 1.165) is 24.8 Å². The van der Waals surface area contributed by atoms with Gasteiger partial charge >= 0.3 is 0 Å². The number of quaternary nitrogens is 2. The zero-order chi connectivity index (χ0) is 16.1. The lowest BCUT2D eigenvalue weighted by atomic mass is 10.2. The lowest BCUT2D eigenvalue weighted by Gasteiger charge is -2.46. The fraction of sp³-hybridized carbons (Fsp3) is 1.00. The molecule has 0 amide bonds. The summed E-state index contributed by atoms with van der Waals surface area (Å²) >= 11 is 11.7. The van der Waals surface area contributed by atoms with Gasteiger partial charge in [0.1, 0.15) is 13.1 Å². The minimum absolute atomic E-state index is 0. The molecule has 2 saturated heterocycles. The Bertz CT molecular complexity index is 313. The van der Waals surface area contributed by atoms with E-state index in [1.165, 1.54) is 74.4 Å². The van der Waals surface area contributed by atoms with E-state index in [1.807, 2.05) is 0 Å². The van der Waals surface area contributed by atoms with Crippen molar-refractivity contribution in [2.75, 3.05) is 104 Å². The number of nitrogens with zero attached hydrogens (tertiary/aromatic N) is 4. The molecule has 0 aromatic rings. The largest absolute Gasteiger partial charge is 1.00 e. The van der Waals surface area contributed by atoms with Crippen LogP contribution in [0.4, 0.5) is 0 Å². The second-order valence-corrected chi connectivity index (χ2v) is 8.40. The Balaban J connectivity index is -0.000000294. The van der Waals surface area contributed by atoms with Crippen LogP contribution < -0.4 is 24.8 Å². The summed E-state index contributed by atoms with van der Waals surface area (Å²) in [5.74, 6) is 1.52. The van der Waals surface area contributed by atoms with Crippen LogP contribution in [0, 0.1) is 0 Å². The first kappa shape index (κ1) is 39.9. The highest BCUT2D eigenvalue weighted by atomic mass is 35.5. The van der Waals surface area contributed by atoms with Crippen molar-refractivity contribution in [1.82, 2.24) is 9.80 Å². The smallest absolute Gasteiger partial charge is 0.128 e. The number of alkyl halides is 2. The zero-order valence-corrected chi connectivity index (χ0v) is 21.7. The van der Waals surface area contributed by atoms with Crippen LogP contribution in [0.15, 0.2) is 0 Å². The van der Waals surface area contributed by atoms with Gasteiger partial charge in [-0.2, -0.15) is 0 Å². The van der Waals surface area contributed by atoms with Crippen molar-refractivity contribution in [1.29, 1.82) is 0 Å². The number of rotatable bonds is 7. The van der Waals surface area contributed by atoms with Crippen LogP contribution in [0.25, 0.3) is 0 Å². The first-order chi connectivity index (χ1) is 10.5. The molecule has 0 bridgehead atoms. The second kappa shape index (κ2) is 19.2. The quantitative estimate of drug-likeness (QED) is 0.242. The third-order valence-corrected chi connectivity index (χ3v) is 6.14. The predicted molar refractivity (Wildman–Crippen MR) is 118 cm³/mol. The van der Waals surface area contributed by atoms with E-state index in [9.17, 15) is 0 Å². The van der Waals surface area contributed by atoms with E-state index in [-0.39, 0.29) is 60.6 Å². The molecule has 0 atom stereocenters. The van der Waals surface area contributed by atoms with Gasteiger partial charge in [-0.3, -0.25) is 9.80 Å². The van der Waals surface area contributed by atoms with Crippen LogP contribution in [0.2, 0.25) is 0 Å². The maximum Gasteiger partial charge on any atom is 0.128 e. The SMILES string of the molecule is C[N+]1(CC[N+]2(C)CCN(CCCl)CC2)CCN(CCCl)CC1.Cl.Cl.O.O.[Cl-].[Cl-]. The Kier molecular flexibility index (Phi) is 27.4. The molecule has 2 aliphatic heterocycles. The number of piperazine rings is 2. The molecule has 0 aromatic carbocycles. The van der Waals surface area contributed by atoms with Crippen LogP contribution in [0.1, 0.15) is 0 Å². The van der Waals surface area contributed by atoms with Crippen molar-refractivity contribution in [2.45, 2.75) is 0 Å². The average Bonchev–Trinajstić information content (AvgIpc) is 2.51. The molecule has 0 saturated carbocycles. The molecule has 6 nitrogen and oxygen atoms in total. The van der Waals surface area contributed by atoms with Crippen molar-refractivity contribution < 1.29 is 44.7 Å². The molecule has 0 radical (unpaired) electrons. The Morgan fingerprint density at radius 2 is 0.893 bits per heavy atom. The lowest BCUT2D eigenvalue weighted by Crippen LogP contribution is -3.00. The van der Waals surface area contributed by atoms with Crippen LogP contribution in [0.5, 0.6) is 0 Å². The summed E-state index contributed by atoms with van der Waals surface area (Å²) in [6, 6.07) is 0. The Morgan fingerprint density at radius 1 is 0.643 bits per heavy atom. The molecule has 12 heteroatoms. The van der Waals surface area contributed by atoms with E-state index >= 15 is 0 Å². The Morgan fingerprint density at radius 3 is 1.11 bits per heavy atom. The van der Waals surface area contributed by atoms with E-state index in [2.05, 4.69) is 23.9 Å². The molecule has 4 N–H and O–H groups in total. The van der Waals surface area contributed by atoms with E-state index in [4.69, 9.17) is 23.2 Å². The van der Waals surface area contributed by atoms with Gasteiger partial charge in [0.05, 0.1) is 40.3 Å². The van der Waals surface area contributed by atoms with Gasteiger partial charge in [0.2, 0.25) is 0 Å². The third kappa shape index (κ3) is 13.0. The fourth-order valence-corrected chi connectivity index (χ4v) is 4.07. The summed E-state index contributed by atoms with van der Waals surface area (Å²) in [6.07, 6.45) is 0. The summed E-state index contributed by atoms with van der Waals surface area (Å²) < 4.78 is 2.47. The molecule has 2 aliphatic rings. The Labute approximate surface area is 206 Å². The molecular formula is C16H40Cl6N4O2. The summed E-state index contributed by atoms with van der Waals surface area (Å²) in [5.41, 5.74) is 0. The van der Waals surface area contributed by atoms with Gasteiger partial charge in [-0.1, -0.05) is 0 Å². The molecular weight excluding hydrogens is 493 g/mol. The number of halogens is 6. The molecule has 0 aromatic heterocycles. The van der Waals surface area contributed by atoms with Crippen molar-refractivity contribution in [2.24, 2.45) is 0 Å². The van der Waals surface area contributed by atoms with E-state index in [0.29, 0.717) is 0 Å². The number of hydrogen-bond acceptors (Lipinski definition) is 2. The van der Waals surface area contributed by atoms with Crippen LogP contribution in [-0.2, 0) is 0 Å². The summed E-state index contributed by atoms with van der Waals surface area (Å²) in [4.78, 5) is 5.02. The monoisotopic (exact) mass is 530 g/mol. The highest BCUT2D eigenvalue weighted by Crippen LogP contribution is 2.15. The topological polar surface area (TPSA) is 69.5 Å². The molecule has 2 rings (SSSR count). The van der Waals surface area contributed by atoms with E-state index < -0.39 is 0 Å². The molecule has 2 heterocycles. The first-order valence-electron chi connectivity index (χ1n) is 8.72. The first-order valence-corrected chi connectivity index (χ1v) is 9.79. The highest BCUT2D eigenvalue weighted by molar-refractivity contribution is 6.18. The zero-order valence-electron chi connectivity index (χ0n) is 17.0. The summed E-state index contributed by atoms with van der Waals surface area (Å²) in [6.45, 7) is 14.6. The maximum atomic E-state index is 5.86. The summed E-state index contributed by atoms with van der Waals surface area (Å²) in [5, 5.41) is 0. The van der Waals surface area contributed by atoms with Crippen molar-refractivity contribution in [3.63, 3.8) is 0 Å². The highest BCUT2D eigenvalue weighted by Gasteiger charge is 2.34. The van der Waals surface area contributed by atoms with E-state index in [1.54, 1.807) is 0 Å². The molecule has 0 aliphatic carbocycles. The normalized spacial score (nSPS) is 20.6. The van der Waals surface area contributed by atoms with Crippen LogP contribution in [-0.4, -0.2) is 134 Å². The van der Waals surface area contributed by atoms with Gasteiger partial charge in [0, 0.05) is 51.0 Å². The minimum Gasteiger partial charge on any atom is -1.00 e. The molecule has 0 unspecified atom stereocenters. The van der Waals surface area contributed by atoms with Gasteiger partial charge in [-0.15, -0.1) is 48.0 Å². The minimum atomic E-state index is 0. The van der Waals surface area contributed by atoms with Gasteiger partial charge in [-0.05, 0) is 0 Å². The van der Waals surface area contributed by atoms with Crippen LogP contribution >= 0.6 is 48.0 Å². The Hall–Kier alpha value is 1.50. The van der Waals surface area contributed by atoms with Crippen molar-refractivity contribution >= 4 is 48.0 Å². The van der Waals surface area contributed by atoms with Crippen molar-refractivity contribution in [3.05, 3.63) is 0 Å². The predicted octanol–water partition coefficient (Wildman–Crippen LogP) is -5.81. The molecule has 0 spiro atoms. The van der Waals surface area contributed by atoms with Gasteiger partial charge < -0.3 is 44.7 Å². The third-order valence-electron chi connectivity index (χ3n) is 5.81. The lowest BCUT2D eigenvalue weighted by molar-refractivity contribution is -0.967. The molecule has 178 valence electrons. The molecule has 28 heavy (non-hydrogen) atoms. The van der Waals surface area contributed by atoms with Gasteiger partial charge in [0.15, 0.2) is 0 Å². The fourth-order valence-electron chi connectivity index (χ4n) is 3.59. The van der Waals surface area contributed by atoms with Crippen LogP contribution in [0.3, 0.4) is 0 Å². The maximum absolute atomic E-state index is 5.86. The molecule has 2 fully saturated rings. The average molecular weight is 533 g/mol. The number of hydrogen-bond donors (Lipinski definition) is 0. The standard InChI is InChI=1S/C16H34Cl2N4.4ClH.2H2O/c1-21(11-7-19(5-3-17)8-12-21)15-16-22(2)13-9-20(6-4-18)10-14-22;;;;;;/h3-16H2,1-2H3;4*1H;2*1H2/q+2;;;;;;/p-2. The van der Waals surface area contributed by atoms with Crippen molar-refractivity contribution in [3.8, 4) is 0 Å². The number of likely N-dealkylation sites (N-methyl/N-ethyl adjacent to an activating group) is 2. The second-order valence-electron chi connectivity index (χ2n) is 7.64. The van der Waals surface area contributed by atoms with Gasteiger partial charge in [0.25, 0.3) is 0 Å².